The van der Waals surface area contributed by atoms with Gasteiger partial charge in [0, 0.05) is 77.0 Å². The lowest BCUT2D eigenvalue weighted by Crippen LogP contribution is -2.38. The Balaban J connectivity index is 1.22. The minimum atomic E-state index is -0.402. The van der Waals surface area contributed by atoms with E-state index in [1.165, 1.54) is 17.5 Å². The van der Waals surface area contributed by atoms with Gasteiger partial charge in [-0.15, -0.1) is 11.3 Å². The number of thiazole rings is 1. The van der Waals surface area contributed by atoms with Crippen molar-refractivity contribution in [2.75, 3.05) is 69.9 Å². The summed E-state index contributed by atoms with van der Waals surface area (Å²) in [6, 6.07) is 3.86. The zero-order valence-corrected chi connectivity index (χ0v) is 23.8. The van der Waals surface area contributed by atoms with Crippen molar-refractivity contribution in [2.24, 2.45) is 0 Å². The summed E-state index contributed by atoms with van der Waals surface area (Å²) in [6.07, 6.45) is 6.47. The molecule has 2 aliphatic heterocycles. The van der Waals surface area contributed by atoms with Gasteiger partial charge in [0.05, 0.1) is 43.0 Å². The number of piperidine rings is 1. The molecular formula is C27H34N8O5S. The fourth-order valence-corrected chi connectivity index (χ4v) is 5.44. The van der Waals surface area contributed by atoms with Crippen LogP contribution in [0.4, 0.5) is 10.8 Å². The molecule has 3 aromatic heterocycles. The van der Waals surface area contributed by atoms with Crippen molar-refractivity contribution in [3.63, 3.8) is 0 Å². The average Bonchev–Trinajstić information content (AvgIpc) is 3.50. The van der Waals surface area contributed by atoms with E-state index in [9.17, 15) is 9.59 Å². The molecule has 41 heavy (non-hydrogen) atoms. The number of nitrogens with zero attached hydrogens (tertiary/aromatic N) is 6. The quantitative estimate of drug-likeness (QED) is 0.320. The van der Waals surface area contributed by atoms with Crippen molar-refractivity contribution in [3.05, 3.63) is 53.1 Å². The highest BCUT2D eigenvalue weighted by Crippen LogP contribution is 2.26. The molecule has 0 aliphatic carbocycles. The highest BCUT2D eigenvalue weighted by Gasteiger charge is 2.25. The van der Waals surface area contributed by atoms with Gasteiger partial charge in [0.15, 0.2) is 5.13 Å². The maximum atomic E-state index is 13.2. The van der Waals surface area contributed by atoms with E-state index in [0.29, 0.717) is 50.2 Å². The predicted octanol–water partition coefficient (Wildman–Crippen LogP) is 1.84. The molecule has 0 spiro atoms. The van der Waals surface area contributed by atoms with Crippen LogP contribution in [0.3, 0.4) is 0 Å². The Morgan fingerprint density at radius 3 is 2.63 bits per heavy atom. The Morgan fingerprint density at radius 1 is 1.10 bits per heavy atom. The molecule has 2 amide bonds. The second-order valence-electron chi connectivity index (χ2n) is 9.66. The van der Waals surface area contributed by atoms with E-state index in [2.05, 4.69) is 40.4 Å². The number of rotatable bonds is 11. The lowest BCUT2D eigenvalue weighted by molar-refractivity contribution is 0.0336. The van der Waals surface area contributed by atoms with Gasteiger partial charge in [-0.05, 0) is 12.1 Å². The van der Waals surface area contributed by atoms with Crippen molar-refractivity contribution in [1.82, 2.24) is 30.2 Å². The number of pyridine rings is 1. The van der Waals surface area contributed by atoms with Crippen molar-refractivity contribution in [1.29, 1.82) is 0 Å². The first kappa shape index (κ1) is 28.8. The van der Waals surface area contributed by atoms with E-state index in [4.69, 9.17) is 14.2 Å². The maximum Gasteiger partial charge on any atom is 0.316 e. The molecule has 218 valence electrons. The monoisotopic (exact) mass is 582 g/mol. The van der Waals surface area contributed by atoms with Crippen molar-refractivity contribution in [2.45, 2.75) is 25.5 Å². The molecule has 0 radical (unpaired) electrons. The van der Waals surface area contributed by atoms with Crippen LogP contribution in [0.2, 0.25) is 0 Å². The number of ether oxygens (including phenoxy) is 3. The fourth-order valence-electron chi connectivity index (χ4n) is 4.58. The number of anilines is 2. The average molecular weight is 583 g/mol. The second-order valence-corrected chi connectivity index (χ2v) is 10.5. The van der Waals surface area contributed by atoms with Crippen molar-refractivity contribution in [3.8, 4) is 6.01 Å². The van der Waals surface area contributed by atoms with E-state index in [1.54, 1.807) is 37.0 Å². The predicted molar refractivity (Wildman–Crippen MR) is 153 cm³/mol. The molecule has 5 heterocycles. The first-order valence-electron chi connectivity index (χ1n) is 13.6. The first-order chi connectivity index (χ1) is 20.1. The highest BCUT2D eigenvalue weighted by molar-refractivity contribution is 7.14. The van der Waals surface area contributed by atoms with Crippen LogP contribution in [-0.2, 0) is 16.0 Å². The molecule has 2 N–H and O–H groups in total. The Morgan fingerprint density at radius 2 is 1.88 bits per heavy atom. The first-order valence-corrected chi connectivity index (χ1v) is 14.5. The molecule has 3 aromatic rings. The summed E-state index contributed by atoms with van der Waals surface area (Å²) >= 11 is 1.41. The normalized spacial score (nSPS) is 16.4. The fraction of sp³-hybridized carbons (Fsp3) is 0.481. The number of amides is 2. The van der Waals surface area contributed by atoms with Crippen molar-refractivity contribution >= 4 is 34.0 Å². The van der Waals surface area contributed by atoms with Gasteiger partial charge in [0.2, 0.25) is 0 Å². The number of carbonyl (C=O) groups excluding carboxylic acids is 2. The lowest BCUT2D eigenvalue weighted by atomic mass is 10.1. The summed E-state index contributed by atoms with van der Waals surface area (Å²) in [5.74, 6) is -0.714. The van der Waals surface area contributed by atoms with Gasteiger partial charge in [-0.3, -0.25) is 19.5 Å². The minimum Gasteiger partial charge on any atom is -0.460 e. The molecule has 0 atom stereocenters. The van der Waals surface area contributed by atoms with E-state index >= 15 is 0 Å². The van der Waals surface area contributed by atoms with Crippen LogP contribution in [0.5, 0.6) is 6.01 Å². The molecule has 2 saturated heterocycles. The molecule has 0 unspecified atom stereocenters. The third kappa shape index (κ3) is 7.94. The van der Waals surface area contributed by atoms with Crippen LogP contribution in [0.1, 0.15) is 39.4 Å². The van der Waals surface area contributed by atoms with Gasteiger partial charge in [-0.2, -0.15) is 0 Å². The number of aromatic nitrogens is 4. The molecule has 14 heteroatoms. The van der Waals surface area contributed by atoms with E-state index in [1.807, 2.05) is 0 Å². The van der Waals surface area contributed by atoms with Crippen LogP contribution in [0.15, 0.2) is 36.1 Å². The summed E-state index contributed by atoms with van der Waals surface area (Å²) in [5.41, 5.74) is 1.69. The van der Waals surface area contributed by atoms with Crippen LogP contribution >= 0.6 is 11.3 Å². The lowest BCUT2D eigenvalue weighted by Gasteiger charge is -2.31. The summed E-state index contributed by atoms with van der Waals surface area (Å²) in [4.78, 5) is 47.9. The van der Waals surface area contributed by atoms with Gasteiger partial charge in [0.25, 0.3) is 11.8 Å². The smallest absolute Gasteiger partial charge is 0.316 e. The number of hydrogen-bond donors (Lipinski definition) is 2. The van der Waals surface area contributed by atoms with Gasteiger partial charge < -0.3 is 29.7 Å². The zero-order chi connectivity index (χ0) is 28.4. The van der Waals surface area contributed by atoms with Gasteiger partial charge >= 0.3 is 6.01 Å². The molecule has 13 nitrogen and oxygen atoms in total. The van der Waals surface area contributed by atoms with Crippen LogP contribution in [-0.4, -0.2) is 102 Å². The number of nitrogens with one attached hydrogen (secondary N) is 2. The zero-order valence-electron chi connectivity index (χ0n) is 23.0. The summed E-state index contributed by atoms with van der Waals surface area (Å²) in [6.45, 7) is 5.74. The Hall–Kier alpha value is -3.72. The largest absolute Gasteiger partial charge is 0.460 e. The molecule has 2 fully saturated rings. The molecule has 5 rings (SSSR count). The minimum absolute atomic E-state index is 0.0311. The molecule has 0 saturated carbocycles. The Bertz CT molecular complexity index is 1300. The summed E-state index contributed by atoms with van der Waals surface area (Å²) in [5, 5.41) is 8.17. The van der Waals surface area contributed by atoms with Gasteiger partial charge in [-0.1, -0.05) is 0 Å². The summed E-state index contributed by atoms with van der Waals surface area (Å²) in [7, 11) is 1.57. The molecular weight excluding hydrogens is 548 g/mol. The Kier molecular flexibility index (Phi) is 10.0. The maximum absolute atomic E-state index is 13.2. The van der Waals surface area contributed by atoms with E-state index in [-0.39, 0.29) is 17.7 Å². The standard InChI is InChI=1S/C27H34N8O5S/c1-38-12-7-28-24(36)21-15-19(17-34-10-13-39-14-11-34)31-16-22(21)32-25(37)23-18-41-27(33-23)35-8-3-20(4-9-35)40-26-29-5-2-6-30-26/h2,5-6,15-16,18,20H,3-4,7-14,17H2,1H3,(H,28,36)(H,32,37). The van der Waals surface area contributed by atoms with E-state index in [0.717, 1.165) is 49.8 Å². The third-order valence-electron chi connectivity index (χ3n) is 6.79. The molecule has 0 bridgehead atoms. The topological polar surface area (TPSA) is 144 Å². The highest BCUT2D eigenvalue weighted by atomic mass is 32.1. The number of carbonyl (C=O) groups is 2. The number of hydrogen-bond acceptors (Lipinski definition) is 12. The van der Waals surface area contributed by atoms with Crippen LogP contribution in [0.25, 0.3) is 0 Å². The van der Waals surface area contributed by atoms with Crippen LogP contribution in [0, 0.1) is 0 Å². The van der Waals surface area contributed by atoms with Gasteiger partial charge in [0.1, 0.15) is 11.8 Å². The third-order valence-corrected chi connectivity index (χ3v) is 7.69. The Labute approximate surface area is 242 Å². The van der Waals surface area contributed by atoms with Crippen molar-refractivity contribution < 1.29 is 23.8 Å². The number of morpholine rings is 1. The summed E-state index contributed by atoms with van der Waals surface area (Å²) < 4.78 is 16.4. The number of methoxy groups -OCH3 is 1. The van der Waals surface area contributed by atoms with Gasteiger partial charge in [-0.25, -0.2) is 15.0 Å². The molecule has 2 aliphatic rings. The SMILES string of the molecule is COCCNC(=O)c1cc(CN2CCOCC2)ncc1NC(=O)c1csc(N2CCC(Oc3ncccn3)CC2)n1. The van der Waals surface area contributed by atoms with Crippen LogP contribution < -0.4 is 20.3 Å². The second kappa shape index (κ2) is 14.3. The molecule has 0 aromatic carbocycles. The van der Waals surface area contributed by atoms with E-state index < -0.39 is 5.91 Å².